The zero-order valence-corrected chi connectivity index (χ0v) is 10.7. The van der Waals surface area contributed by atoms with E-state index in [0.29, 0.717) is 9.80 Å². The molecule has 0 aliphatic rings. The van der Waals surface area contributed by atoms with Gasteiger partial charge in [-0.15, -0.1) is 0 Å². The molecule has 0 aliphatic carbocycles. The SMILES string of the molecule is FC(F)(F)c1cc(Br)ccc1C=CCBr. The molecule has 0 N–H and O–H groups in total. The van der Waals surface area contributed by atoms with Crippen molar-refractivity contribution in [3.63, 3.8) is 0 Å². The van der Waals surface area contributed by atoms with E-state index in [1.54, 1.807) is 12.1 Å². The van der Waals surface area contributed by atoms with Crippen molar-refractivity contribution in [1.29, 1.82) is 0 Å². The van der Waals surface area contributed by atoms with Gasteiger partial charge in [-0.05, 0) is 17.7 Å². The molecule has 1 aromatic rings. The second kappa shape index (κ2) is 5.16. The molecule has 0 amide bonds. The highest BCUT2D eigenvalue weighted by atomic mass is 79.9. The van der Waals surface area contributed by atoms with E-state index in [-0.39, 0.29) is 5.56 Å². The predicted octanol–water partition coefficient (Wildman–Crippen LogP) is 4.88. The monoisotopic (exact) mass is 342 g/mol. The first-order valence-corrected chi connectivity index (χ1v) is 5.96. The Morgan fingerprint density at radius 2 is 1.93 bits per heavy atom. The zero-order valence-electron chi connectivity index (χ0n) is 7.48. The van der Waals surface area contributed by atoms with Crippen molar-refractivity contribution < 1.29 is 13.2 Å². The predicted molar refractivity (Wildman–Crippen MR) is 62.0 cm³/mol. The lowest BCUT2D eigenvalue weighted by Crippen LogP contribution is -2.07. The van der Waals surface area contributed by atoms with Gasteiger partial charge in [-0.3, -0.25) is 0 Å². The van der Waals surface area contributed by atoms with Crippen LogP contribution in [0.1, 0.15) is 11.1 Å². The fourth-order valence-corrected chi connectivity index (χ4v) is 1.64. The molecule has 0 saturated carbocycles. The second-order valence-corrected chi connectivity index (χ2v) is 4.35. The van der Waals surface area contributed by atoms with E-state index >= 15 is 0 Å². The topological polar surface area (TPSA) is 0 Å². The van der Waals surface area contributed by atoms with Gasteiger partial charge in [0.2, 0.25) is 0 Å². The highest BCUT2D eigenvalue weighted by Gasteiger charge is 2.32. The van der Waals surface area contributed by atoms with Crippen molar-refractivity contribution in [3.05, 3.63) is 39.9 Å². The molecule has 82 valence electrons. The van der Waals surface area contributed by atoms with E-state index in [0.717, 1.165) is 6.07 Å². The third-order valence-electron chi connectivity index (χ3n) is 1.71. The molecule has 0 spiro atoms. The van der Waals surface area contributed by atoms with Gasteiger partial charge < -0.3 is 0 Å². The second-order valence-electron chi connectivity index (χ2n) is 2.79. The summed E-state index contributed by atoms with van der Waals surface area (Å²) in [5.41, 5.74) is -0.459. The lowest BCUT2D eigenvalue weighted by molar-refractivity contribution is -0.137. The summed E-state index contributed by atoms with van der Waals surface area (Å²) in [4.78, 5) is 0. The normalized spacial score (nSPS) is 12.3. The van der Waals surface area contributed by atoms with Crippen molar-refractivity contribution >= 4 is 37.9 Å². The molecule has 0 heterocycles. The van der Waals surface area contributed by atoms with Gasteiger partial charge in [-0.2, -0.15) is 13.2 Å². The lowest BCUT2D eigenvalue weighted by Gasteiger charge is -2.10. The molecule has 0 saturated heterocycles. The van der Waals surface area contributed by atoms with Gasteiger partial charge in [0.1, 0.15) is 0 Å². The van der Waals surface area contributed by atoms with Crippen LogP contribution in [-0.4, -0.2) is 5.33 Å². The van der Waals surface area contributed by atoms with E-state index in [9.17, 15) is 13.2 Å². The molecule has 15 heavy (non-hydrogen) atoms. The Morgan fingerprint density at radius 1 is 1.27 bits per heavy atom. The smallest absolute Gasteiger partial charge is 0.166 e. The summed E-state index contributed by atoms with van der Waals surface area (Å²) in [6.07, 6.45) is -1.25. The zero-order chi connectivity index (χ0) is 11.5. The minimum absolute atomic E-state index is 0.171. The van der Waals surface area contributed by atoms with Gasteiger partial charge in [-0.1, -0.05) is 50.1 Å². The summed E-state index contributed by atoms with van der Waals surface area (Å²) >= 11 is 6.14. The standard InChI is InChI=1S/C10H7Br2F3/c11-5-1-2-7-3-4-8(12)6-9(7)10(13,14)15/h1-4,6H,5H2. The molecule has 0 atom stereocenters. The Labute approximate surface area is 102 Å². The minimum Gasteiger partial charge on any atom is -0.166 e. The number of allylic oxidation sites excluding steroid dienone is 1. The third kappa shape index (κ3) is 3.65. The van der Waals surface area contributed by atoms with Crippen molar-refractivity contribution in [2.24, 2.45) is 0 Å². The van der Waals surface area contributed by atoms with Crippen LogP contribution in [0.25, 0.3) is 6.08 Å². The van der Waals surface area contributed by atoms with Gasteiger partial charge in [0.05, 0.1) is 5.56 Å². The summed E-state index contributed by atoms with van der Waals surface area (Å²) < 4.78 is 38.2. The Balaban J connectivity index is 3.21. The molecule has 1 rings (SSSR count). The van der Waals surface area contributed by atoms with E-state index in [1.807, 2.05) is 0 Å². The number of hydrogen-bond donors (Lipinski definition) is 0. The van der Waals surface area contributed by atoms with Crippen LogP contribution >= 0.6 is 31.9 Å². The Hall–Kier alpha value is -0.290. The average Bonchev–Trinajstić information content (AvgIpc) is 2.14. The first kappa shape index (κ1) is 12.8. The number of benzene rings is 1. The molecule has 0 radical (unpaired) electrons. The highest BCUT2D eigenvalue weighted by Crippen LogP contribution is 2.34. The Bertz CT molecular complexity index is 369. The number of halogens is 5. The van der Waals surface area contributed by atoms with Crippen LogP contribution in [0.2, 0.25) is 0 Å². The molecule has 5 heteroatoms. The van der Waals surface area contributed by atoms with Crippen LogP contribution in [0.3, 0.4) is 0 Å². The maximum absolute atomic E-state index is 12.6. The molecule has 0 fully saturated rings. The van der Waals surface area contributed by atoms with Crippen molar-refractivity contribution in [3.8, 4) is 0 Å². The van der Waals surface area contributed by atoms with Crippen LogP contribution in [0, 0.1) is 0 Å². The molecule has 0 unspecified atom stereocenters. The largest absolute Gasteiger partial charge is 0.417 e. The molecule has 0 aliphatic heterocycles. The fraction of sp³-hybridized carbons (Fsp3) is 0.200. The van der Waals surface area contributed by atoms with Crippen LogP contribution in [0.5, 0.6) is 0 Å². The molecule has 0 aromatic heterocycles. The summed E-state index contributed by atoms with van der Waals surface area (Å²) in [6.45, 7) is 0. The van der Waals surface area contributed by atoms with Crippen LogP contribution in [0.4, 0.5) is 13.2 Å². The average molecular weight is 344 g/mol. The summed E-state index contributed by atoms with van der Waals surface area (Å²) in [5.74, 6) is 0. The van der Waals surface area contributed by atoms with E-state index < -0.39 is 11.7 Å². The van der Waals surface area contributed by atoms with Gasteiger partial charge >= 0.3 is 6.18 Å². The van der Waals surface area contributed by atoms with Crippen molar-refractivity contribution in [1.82, 2.24) is 0 Å². The van der Waals surface area contributed by atoms with Gasteiger partial charge in [0.15, 0.2) is 0 Å². The molecular formula is C10H7Br2F3. The quantitative estimate of drug-likeness (QED) is 0.671. The Kier molecular flexibility index (Phi) is 4.40. The van der Waals surface area contributed by atoms with Crippen LogP contribution in [-0.2, 0) is 6.18 Å². The Morgan fingerprint density at radius 3 is 2.47 bits per heavy atom. The van der Waals surface area contributed by atoms with E-state index in [2.05, 4.69) is 31.9 Å². The number of alkyl halides is 4. The first-order valence-electron chi connectivity index (χ1n) is 4.04. The molecule has 0 nitrogen and oxygen atoms in total. The van der Waals surface area contributed by atoms with Crippen molar-refractivity contribution in [2.75, 3.05) is 5.33 Å². The van der Waals surface area contributed by atoms with E-state index in [1.165, 1.54) is 12.1 Å². The van der Waals surface area contributed by atoms with Crippen LogP contribution < -0.4 is 0 Å². The number of rotatable bonds is 2. The van der Waals surface area contributed by atoms with Gasteiger partial charge in [0, 0.05) is 9.80 Å². The van der Waals surface area contributed by atoms with Crippen LogP contribution in [0.15, 0.2) is 28.7 Å². The molecule has 0 bridgehead atoms. The highest BCUT2D eigenvalue weighted by molar-refractivity contribution is 9.10. The molecular weight excluding hydrogens is 337 g/mol. The molecule has 1 aromatic carbocycles. The van der Waals surface area contributed by atoms with E-state index in [4.69, 9.17) is 0 Å². The first-order chi connectivity index (χ1) is 6.95. The summed E-state index contributed by atoms with van der Waals surface area (Å²) in [5, 5.41) is 0.528. The maximum Gasteiger partial charge on any atom is 0.417 e. The van der Waals surface area contributed by atoms with Gasteiger partial charge in [-0.25, -0.2) is 0 Å². The number of hydrogen-bond acceptors (Lipinski definition) is 0. The summed E-state index contributed by atoms with van der Waals surface area (Å²) in [7, 11) is 0. The van der Waals surface area contributed by atoms with Gasteiger partial charge in [0.25, 0.3) is 0 Å². The fourth-order valence-electron chi connectivity index (χ4n) is 1.09. The lowest BCUT2D eigenvalue weighted by atomic mass is 10.1. The third-order valence-corrected chi connectivity index (χ3v) is 2.57. The maximum atomic E-state index is 12.6. The summed E-state index contributed by atoms with van der Waals surface area (Å²) in [6, 6.07) is 4.10. The minimum atomic E-state index is -4.32. The van der Waals surface area contributed by atoms with Crippen molar-refractivity contribution in [2.45, 2.75) is 6.18 Å².